The second-order valence-corrected chi connectivity index (χ2v) is 9.18. The Balaban J connectivity index is 1.44. The molecule has 2 aromatic carbocycles. The number of hydrogen-bond acceptors (Lipinski definition) is 3. The number of nitrogens with one attached hydrogen (secondary N) is 2. The Hall–Kier alpha value is -2.41. The number of aromatic nitrogens is 1. The van der Waals surface area contributed by atoms with Crippen LogP contribution in [0.2, 0.25) is 0 Å². The topological polar surface area (TPSA) is 57.4 Å². The predicted octanol–water partition coefficient (Wildman–Crippen LogP) is 5.25. The van der Waals surface area contributed by atoms with Gasteiger partial charge in [-0.1, -0.05) is 57.9 Å². The van der Waals surface area contributed by atoms with Crippen molar-refractivity contribution in [1.82, 2.24) is 15.2 Å². The molecule has 1 aliphatic rings. The van der Waals surface area contributed by atoms with Crippen LogP contribution in [-0.2, 0) is 4.74 Å². The summed E-state index contributed by atoms with van der Waals surface area (Å²) in [5.41, 5.74) is 4.80. The number of H-pyrrole nitrogens is 1. The molecule has 168 valence electrons. The number of carbonyl (C=O) groups is 1. The van der Waals surface area contributed by atoms with E-state index in [4.69, 9.17) is 4.74 Å². The number of nitrogens with zero attached hydrogens (tertiary/aromatic N) is 1. The zero-order chi connectivity index (χ0) is 22.3. The van der Waals surface area contributed by atoms with Crippen LogP contribution in [0.4, 0.5) is 0 Å². The number of unbranched alkanes of at least 4 members (excludes halogenated alkanes) is 1. The Morgan fingerprint density at radius 2 is 1.91 bits per heavy atom. The number of carbonyl (C=O) groups excluding carboxylic acids is 1. The Morgan fingerprint density at radius 1 is 1.12 bits per heavy atom. The Morgan fingerprint density at radius 3 is 2.69 bits per heavy atom. The minimum absolute atomic E-state index is 0.0338. The molecule has 2 N–H and O–H groups in total. The molecule has 6 heteroatoms. The summed E-state index contributed by atoms with van der Waals surface area (Å²) in [4.78, 5) is 19.0. The first-order valence-electron chi connectivity index (χ1n) is 11.2. The van der Waals surface area contributed by atoms with Crippen LogP contribution < -0.4 is 5.32 Å². The van der Waals surface area contributed by atoms with Crippen molar-refractivity contribution in [2.45, 2.75) is 19.8 Å². The van der Waals surface area contributed by atoms with Crippen LogP contribution in [-0.4, -0.2) is 55.2 Å². The Bertz CT molecular complexity index is 1080. The fourth-order valence-electron chi connectivity index (χ4n) is 3.99. The summed E-state index contributed by atoms with van der Waals surface area (Å²) in [5.74, 6) is -0.0338. The van der Waals surface area contributed by atoms with Gasteiger partial charge < -0.3 is 15.0 Å². The molecule has 5 nitrogen and oxygen atoms in total. The highest BCUT2D eigenvalue weighted by atomic mass is 79.9. The van der Waals surface area contributed by atoms with Gasteiger partial charge in [0.25, 0.3) is 5.91 Å². The normalized spacial score (nSPS) is 14.9. The second kappa shape index (κ2) is 10.9. The van der Waals surface area contributed by atoms with Crippen molar-refractivity contribution in [2.75, 3.05) is 39.4 Å². The summed E-state index contributed by atoms with van der Waals surface area (Å²) < 4.78 is 6.38. The molecule has 1 saturated heterocycles. The van der Waals surface area contributed by atoms with E-state index in [1.54, 1.807) is 0 Å². The minimum atomic E-state index is -0.0338. The molecule has 2 heterocycles. The lowest BCUT2D eigenvalue weighted by Crippen LogP contribution is -2.37. The molecule has 4 rings (SSSR count). The number of benzene rings is 2. The maximum Gasteiger partial charge on any atom is 0.254 e. The number of aryl methyl sites for hydroxylation is 1. The van der Waals surface area contributed by atoms with Gasteiger partial charge in [-0.2, -0.15) is 0 Å². The monoisotopic (exact) mass is 495 g/mol. The van der Waals surface area contributed by atoms with Gasteiger partial charge in [0.2, 0.25) is 0 Å². The molecule has 1 aliphatic heterocycles. The van der Waals surface area contributed by atoms with E-state index in [1.165, 1.54) is 5.56 Å². The van der Waals surface area contributed by atoms with Crippen LogP contribution in [0, 0.1) is 6.92 Å². The maximum absolute atomic E-state index is 13.1. The first-order chi connectivity index (χ1) is 15.6. The van der Waals surface area contributed by atoms with Gasteiger partial charge in [-0.05, 0) is 50.1 Å². The number of ether oxygens (including phenoxy) is 1. The van der Waals surface area contributed by atoms with Crippen LogP contribution in [0.3, 0.4) is 0 Å². The van der Waals surface area contributed by atoms with Gasteiger partial charge in [0, 0.05) is 35.0 Å². The summed E-state index contributed by atoms with van der Waals surface area (Å²) >= 11 is 3.53. The molecule has 1 aromatic heterocycles. The highest BCUT2D eigenvalue weighted by Crippen LogP contribution is 2.27. The van der Waals surface area contributed by atoms with E-state index in [9.17, 15) is 4.79 Å². The molecule has 1 fully saturated rings. The lowest BCUT2D eigenvalue weighted by atomic mass is 10.1. The SMILES string of the molecule is Cc1ccc(/C=C/c2[nH]c3cc(Br)ccc3c2C(=O)NCCCCN2CCOCC2)cc1. The number of fused-ring (bicyclic) bond motifs is 1. The van der Waals surface area contributed by atoms with Crippen LogP contribution in [0.25, 0.3) is 23.1 Å². The number of morpholine rings is 1. The van der Waals surface area contributed by atoms with E-state index >= 15 is 0 Å². The first kappa shape index (κ1) is 22.8. The van der Waals surface area contributed by atoms with E-state index in [1.807, 2.05) is 30.4 Å². The number of halogens is 1. The first-order valence-corrected chi connectivity index (χ1v) is 12.0. The molecular weight excluding hydrogens is 466 g/mol. The van der Waals surface area contributed by atoms with E-state index in [-0.39, 0.29) is 5.91 Å². The lowest BCUT2D eigenvalue weighted by Gasteiger charge is -2.26. The highest BCUT2D eigenvalue weighted by molar-refractivity contribution is 9.10. The standard InChI is InChI=1S/C26H30BrN3O2/c1-19-4-6-20(7-5-19)8-11-23-25(22-10-9-21(27)18-24(22)29-23)26(31)28-12-2-3-13-30-14-16-32-17-15-30/h4-11,18,29H,2-3,12-17H2,1H3,(H,28,31)/b11-8+. The van der Waals surface area contributed by atoms with Crippen molar-refractivity contribution in [3.05, 3.63) is 69.3 Å². The van der Waals surface area contributed by atoms with E-state index in [0.29, 0.717) is 12.1 Å². The molecule has 0 atom stereocenters. The van der Waals surface area contributed by atoms with Gasteiger partial charge in [-0.3, -0.25) is 9.69 Å². The van der Waals surface area contributed by atoms with E-state index in [2.05, 4.69) is 62.3 Å². The van der Waals surface area contributed by atoms with Crippen molar-refractivity contribution in [3.63, 3.8) is 0 Å². The maximum atomic E-state index is 13.1. The second-order valence-electron chi connectivity index (χ2n) is 8.26. The van der Waals surface area contributed by atoms with Crippen molar-refractivity contribution < 1.29 is 9.53 Å². The predicted molar refractivity (Wildman–Crippen MR) is 135 cm³/mol. The molecule has 0 aliphatic carbocycles. The average Bonchev–Trinajstić information content (AvgIpc) is 3.16. The molecule has 0 saturated carbocycles. The van der Waals surface area contributed by atoms with Gasteiger partial charge in [0.1, 0.15) is 0 Å². The van der Waals surface area contributed by atoms with E-state index in [0.717, 1.165) is 72.3 Å². The van der Waals surface area contributed by atoms with Gasteiger partial charge in [0.15, 0.2) is 0 Å². The molecule has 0 unspecified atom stereocenters. The summed E-state index contributed by atoms with van der Waals surface area (Å²) in [6, 6.07) is 14.3. The summed E-state index contributed by atoms with van der Waals surface area (Å²) in [7, 11) is 0. The summed E-state index contributed by atoms with van der Waals surface area (Å²) in [6.45, 7) is 7.48. The Kier molecular flexibility index (Phi) is 7.79. The van der Waals surface area contributed by atoms with E-state index < -0.39 is 0 Å². The fourth-order valence-corrected chi connectivity index (χ4v) is 4.35. The summed E-state index contributed by atoms with van der Waals surface area (Å²) in [6.07, 6.45) is 6.07. The largest absolute Gasteiger partial charge is 0.379 e. The van der Waals surface area contributed by atoms with Crippen LogP contribution >= 0.6 is 15.9 Å². The van der Waals surface area contributed by atoms with Crippen molar-refractivity contribution in [2.24, 2.45) is 0 Å². The molecule has 1 amide bonds. The Labute approximate surface area is 198 Å². The fraction of sp³-hybridized carbons (Fsp3) is 0.346. The molecule has 3 aromatic rings. The van der Waals surface area contributed by atoms with Crippen molar-refractivity contribution in [1.29, 1.82) is 0 Å². The smallest absolute Gasteiger partial charge is 0.254 e. The average molecular weight is 496 g/mol. The van der Waals surface area contributed by atoms with Crippen LogP contribution in [0.15, 0.2) is 46.9 Å². The van der Waals surface area contributed by atoms with Crippen molar-refractivity contribution in [3.8, 4) is 0 Å². The molecular formula is C26H30BrN3O2. The van der Waals surface area contributed by atoms with Gasteiger partial charge in [0.05, 0.1) is 24.5 Å². The van der Waals surface area contributed by atoms with Crippen LogP contribution in [0.5, 0.6) is 0 Å². The van der Waals surface area contributed by atoms with Gasteiger partial charge in [-0.15, -0.1) is 0 Å². The zero-order valence-corrected chi connectivity index (χ0v) is 20.1. The quantitative estimate of drug-likeness (QED) is 0.419. The van der Waals surface area contributed by atoms with Gasteiger partial charge in [-0.25, -0.2) is 0 Å². The number of rotatable bonds is 8. The molecule has 0 radical (unpaired) electrons. The minimum Gasteiger partial charge on any atom is -0.379 e. The number of hydrogen-bond donors (Lipinski definition) is 2. The number of aromatic amines is 1. The molecule has 0 bridgehead atoms. The van der Waals surface area contributed by atoms with Crippen LogP contribution in [0.1, 0.15) is 40.0 Å². The number of amides is 1. The molecule has 0 spiro atoms. The lowest BCUT2D eigenvalue weighted by molar-refractivity contribution is 0.0372. The third-order valence-corrected chi connectivity index (χ3v) is 6.32. The molecule has 32 heavy (non-hydrogen) atoms. The highest BCUT2D eigenvalue weighted by Gasteiger charge is 2.17. The third-order valence-electron chi connectivity index (χ3n) is 5.83. The zero-order valence-electron chi connectivity index (χ0n) is 18.5. The summed E-state index contributed by atoms with van der Waals surface area (Å²) in [5, 5.41) is 4.06. The third kappa shape index (κ3) is 5.88. The van der Waals surface area contributed by atoms with Crippen molar-refractivity contribution >= 4 is 44.9 Å². The van der Waals surface area contributed by atoms with Gasteiger partial charge >= 0.3 is 0 Å².